The first-order valence-electron chi connectivity index (χ1n) is 4.72. The highest BCUT2D eigenvalue weighted by Crippen LogP contribution is 2.21. The summed E-state index contributed by atoms with van der Waals surface area (Å²) in [5.41, 5.74) is 0.712. The van der Waals surface area contributed by atoms with Gasteiger partial charge in [0, 0.05) is 10.6 Å². The quantitative estimate of drug-likeness (QED) is 0.597. The van der Waals surface area contributed by atoms with E-state index in [9.17, 15) is 4.55 Å². The Balaban J connectivity index is 2.85. The predicted octanol–water partition coefficient (Wildman–Crippen LogP) is 3.87. The lowest BCUT2D eigenvalue weighted by Gasteiger charge is -2.17. The molecule has 2 nitrogen and oxygen atoms in total. The van der Waals surface area contributed by atoms with Gasteiger partial charge in [0.05, 0.1) is 11.2 Å². The van der Waals surface area contributed by atoms with Gasteiger partial charge in [-0.3, -0.25) is 0 Å². The van der Waals surface area contributed by atoms with Gasteiger partial charge in [-0.1, -0.05) is 33.7 Å². The first-order chi connectivity index (χ1) is 7.30. The van der Waals surface area contributed by atoms with Crippen molar-refractivity contribution in [1.29, 1.82) is 0 Å². The molecule has 0 aliphatic rings. The molecule has 88 valence electrons. The SMILES string of the molecule is CC(C)(C)[S+]([O-])/N=C/c1ccc(Cl)cc1Cl. The largest absolute Gasteiger partial charge is 0.591 e. The van der Waals surface area contributed by atoms with E-state index < -0.39 is 11.4 Å². The van der Waals surface area contributed by atoms with Crippen LogP contribution in [0.1, 0.15) is 26.3 Å². The highest BCUT2D eigenvalue weighted by molar-refractivity contribution is 7.91. The Morgan fingerprint density at radius 3 is 2.44 bits per heavy atom. The summed E-state index contributed by atoms with van der Waals surface area (Å²) in [6.07, 6.45) is 1.51. The van der Waals surface area contributed by atoms with Gasteiger partial charge in [0.1, 0.15) is 16.1 Å². The third-order valence-electron chi connectivity index (χ3n) is 1.77. The average Bonchev–Trinajstić information content (AvgIpc) is 2.14. The summed E-state index contributed by atoms with van der Waals surface area (Å²) in [6, 6.07) is 5.09. The lowest BCUT2D eigenvalue weighted by atomic mass is 10.2. The molecule has 0 radical (unpaired) electrons. The molecule has 1 unspecified atom stereocenters. The van der Waals surface area contributed by atoms with Crippen molar-refractivity contribution in [1.82, 2.24) is 0 Å². The molecule has 0 heterocycles. The summed E-state index contributed by atoms with van der Waals surface area (Å²) in [7, 11) is 0. The van der Waals surface area contributed by atoms with Gasteiger partial charge in [0.15, 0.2) is 0 Å². The maximum atomic E-state index is 11.7. The van der Waals surface area contributed by atoms with Crippen LogP contribution in [0.2, 0.25) is 10.0 Å². The Labute approximate surface area is 109 Å². The predicted molar refractivity (Wildman–Crippen MR) is 72.0 cm³/mol. The minimum absolute atomic E-state index is 0.366. The van der Waals surface area contributed by atoms with Gasteiger partial charge < -0.3 is 4.55 Å². The van der Waals surface area contributed by atoms with Crippen LogP contribution in [0.25, 0.3) is 0 Å². The van der Waals surface area contributed by atoms with E-state index in [1.807, 2.05) is 20.8 Å². The number of nitrogens with zero attached hydrogens (tertiary/aromatic N) is 1. The van der Waals surface area contributed by atoms with E-state index in [0.29, 0.717) is 15.6 Å². The molecule has 0 fully saturated rings. The second-order valence-electron chi connectivity index (χ2n) is 4.26. The molecule has 1 aromatic rings. The molecule has 0 N–H and O–H groups in total. The van der Waals surface area contributed by atoms with Crippen LogP contribution in [-0.2, 0) is 11.4 Å². The molecule has 0 aliphatic heterocycles. The van der Waals surface area contributed by atoms with Gasteiger partial charge >= 0.3 is 0 Å². The molecular weight excluding hydrogens is 265 g/mol. The average molecular weight is 278 g/mol. The fraction of sp³-hybridized carbons (Fsp3) is 0.364. The number of benzene rings is 1. The van der Waals surface area contributed by atoms with E-state index >= 15 is 0 Å². The van der Waals surface area contributed by atoms with Crippen molar-refractivity contribution in [2.24, 2.45) is 4.40 Å². The van der Waals surface area contributed by atoms with Gasteiger partial charge in [-0.15, -0.1) is 0 Å². The zero-order chi connectivity index (χ0) is 12.3. The van der Waals surface area contributed by atoms with Crippen molar-refractivity contribution in [3.8, 4) is 0 Å². The van der Waals surface area contributed by atoms with Crippen LogP contribution in [0.3, 0.4) is 0 Å². The highest BCUT2D eigenvalue weighted by Gasteiger charge is 2.25. The molecule has 1 atom stereocenters. The maximum absolute atomic E-state index is 11.7. The fourth-order valence-electron chi connectivity index (χ4n) is 0.869. The monoisotopic (exact) mass is 277 g/mol. The standard InChI is InChI=1S/C11H13Cl2NOS/c1-11(2,3)16(15)14-7-8-4-5-9(12)6-10(8)13/h4-7H,1-3H3/b14-7+. The van der Waals surface area contributed by atoms with Gasteiger partial charge in [0.25, 0.3) is 0 Å². The van der Waals surface area contributed by atoms with E-state index in [0.717, 1.165) is 0 Å². The van der Waals surface area contributed by atoms with Crippen LogP contribution in [-0.4, -0.2) is 15.5 Å². The Hall–Kier alpha value is -0.220. The molecule has 0 bridgehead atoms. The lowest BCUT2D eigenvalue weighted by molar-refractivity contribution is 0.562. The van der Waals surface area contributed by atoms with Gasteiger partial charge in [-0.05, 0) is 32.9 Å². The zero-order valence-corrected chi connectivity index (χ0v) is 11.7. The number of hydrogen-bond donors (Lipinski definition) is 0. The molecule has 0 aliphatic carbocycles. The van der Waals surface area contributed by atoms with E-state index in [-0.39, 0.29) is 4.75 Å². The third-order valence-corrected chi connectivity index (χ3v) is 3.68. The third kappa shape index (κ3) is 3.98. The number of halogens is 2. The van der Waals surface area contributed by atoms with Crippen molar-refractivity contribution < 1.29 is 4.55 Å². The van der Waals surface area contributed by atoms with Crippen LogP contribution in [0, 0.1) is 0 Å². The Bertz CT molecular complexity index is 401. The van der Waals surface area contributed by atoms with Crippen molar-refractivity contribution in [3.05, 3.63) is 33.8 Å². The molecule has 0 amide bonds. The van der Waals surface area contributed by atoms with Gasteiger partial charge in [0.2, 0.25) is 0 Å². The molecular formula is C11H13Cl2NOS. The Kier molecular flexibility index (Phi) is 4.68. The van der Waals surface area contributed by atoms with E-state index in [4.69, 9.17) is 23.2 Å². The van der Waals surface area contributed by atoms with Crippen LogP contribution < -0.4 is 0 Å². The van der Waals surface area contributed by atoms with Crippen molar-refractivity contribution in [2.45, 2.75) is 25.5 Å². The summed E-state index contributed by atoms with van der Waals surface area (Å²) in [4.78, 5) is 0. The van der Waals surface area contributed by atoms with Crippen molar-refractivity contribution >= 4 is 40.8 Å². The minimum atomic E-state index is -1.27. The van der Waals surface area contributed by atoms with Crippen LogP contribution in [0.15, 0.2) is 22.6 Å². The summed E-state index contributed by atoms with van der Waals surface area (Å²) < 4.78 is 15.3. The van der Waals surface area contributed by atoms with Crippen LogP contribution >= 0.6 is 23.2 Å². The Morgan fingerprint density at radius 1 is 1.31 bits per heavy atom. The first kappa shape index (κ1) is 13.8. The second-order valence-corrected chi connectivity index (χ2v) is 7.04. The molecule has 0 saturated carbocycles. The van der Waals surface area contributed by atoms with Gasteiger partial charge in [-0.25, -0.2) is 0 Å². The minimum Gasteiger partial charge on any atom is -0.591 e. The molecule has 5 heteroatoms. The van der Waals surface area contributed by atoms with E-state index in [1.165, 1.54) is 6.21 Å². The van der Waals surface area contributed by atoms with E-state index in [2.05, 4.69) is 4.40 Å². The summed E-state index contributed by atoms with van der Waals surface area (Å²) in [6.45, 7) is 5.59. The molecule has 0 saturated heterocycles. The topological polar surface area (TPSA) is 35.4 Å². The Morgan fingerprint density at radius 2 is 1.94 bits per heavy atom. The van der Waals surface area contributed by atoms with Crippen LogP contribution in [0.4, 0.5) is 0 Å². The molecule has 1 rings (SSSR count). The van der Waals surface area contributed by atoms with Crippen LogP contribution in [0.5, 0.6) is 0 Å². The first-order valence-corrected chi connectivity index (χ1v) is 6.58. The zero-order valence-electron chi connectivity index (χ0n) is 9.33. The van der Waals surface area contributed by atoms with E-state index in [1.54, 1.807) is 18.2 Å². The number of hydrogen-bond acceptors (Lipinski definition) is 2. The lowest BCUT2D eigenvalue weighted by Crippen LogP contribution is -2.25. The second kappa shape index (κ2) is 5.41. The summed E-state index contributed by atoms with van der Waals surface area (Å²) >= 11 is 10.4. The number of rotatable bonds is 2. The van der Waals surface area contributed by atoms with Crippen molar-refractivity contribution in [2.75, 3.05) is 0 Å². The summed E-state index contributed by atoms with van der Waals surface area (Å²) in [5.74, 6) is 0. The summed E-state index contributed by atoms with van der Waals surface area (Å²) in [5, 5.41) is 1.07. The van der Waals surface area contributed by atoms with Crippen molar-refractivity contribution in [3.63, 3.8) is 0 Å². The molecule has 1 aromatic carbocycles. The smallest absolute Gasteiger partial charge is 0.144 e. The highest BCUT2D eigenvalue weighted by atomic mass is 35.5. The molecule has 16 heavy (non-hydrogen) atoms. The maximum Gasteiger partial charge on any atom is 0.144 e. The van der Waals surface area contributed by atoms with Gasteiger partial charge in [-0.2, -0.15) is 0 Å². The normalized spacial score (nSPS) is 14.4. The fourth-order valence-corrected chi connectivity index (χ4v) is 1.85. The molecule has 0 aromatic heterocycles. The molecule has 0 spiro atoms.